The standard InChI is InChI=1S/C21H25N5O2S/c1-28-12-11-26-19(24-18-7-4-9-22-20(18)26)15-8-10-25(14-15)21(27)23-16-5-3-6-17(13-16)29-2/h3-7,9,13,15H,8,10-12,14H2,1-2H3,(H,23,27). The average molecular weight is 412 g/mol. The van der Waals surface area contributed by atoms with Gasteiger partial charge in [-0.15, -0.1) is 11.8 Å². The fraction of sp³-hybridized carbons (Fsp3) is 0.381. The van der Waals surface area contributed by atoms with Crippen molar-refractivity contribution in [1.82, 2.24) is 19.4 Å². The quantitative estimate of drug-likeness (QED) is 0.624. The Labute approximate surface area is 174 Å². The first-order chi connectivity index (χ1) is 14.2. The number of hydrogen-bond acceptors (Lipinski definition) is 5. The number of carbonyl (C=O) groups excluding carboxylic acids is 1. The number of carbonyl (C=O) groups is 1. The third kappa shape index (κ3) is 4.23. The molecule has 0 bridgehead atoms. The van der Waals surface area contributed by atoms with Gasteiger partial charge in [-0.2, -0.15) is 0 Å². The lowest BCUT2D eigenvalue weighted by molar-refractivity contribution is 0.186. The molecule has 1 aliphatic rings. The molecule has 7 nitrogen and oxygen atoms in total. The molecule has 1 unspecified atom stereocenters. The number of imidazole rings is 1. The Kier molecular flexibility index (Phi) is 6.01. The summed E-state index contributed by atoms with van der Waals surface area (Å²) in [7, 11) is 1.69. The molecule has 2 aromatic heterocycles. The second-order valence-electron chi connectivity index (χ2n) is 7.05. The molecule has 0 saturated carbocycles. The van der Waals surface area contributed by atoms with Gasteiger partial charge in [0.15, 0.2) is 5.65 Å². The van der Waals surface area contributed by atoms with Crippen molar-refractivity contribution in [1.29, 1.82) is 0 Å². The first-order valence-corrected chi connectivity index (χ1v) is 10.9. The zero-order valence-electron chi connectivity index (χ0n) is 16.7. The van der Waals surface area contributed by atoms with E-state index in [9.17, 15) is 4.79 Å². The molecule has 0 aliphatic carbocycles. The number of nitrogens with one attached hydrogen (secondary N) is 1. The van der Waals surface area contributed by atoms with Crippen molar-refractivity contribution in [2.24, 2.45) is 0 Å². The number of aromatic nitrogens is 3. The summed E-state index contributed by atoms with van der Waals surface area (Å²) in [4.78, 5) is 25.1. The van der Waals surface area contributed by atoms with E-state index in [0.29, 0.717) is 26.2 Å². The highest BCUT2D eigenvalue weighted by Crippen LogP contribution is 2.29. The van der Waals surface area contributed by atoms with E-state index in [4.69, 9.17) is 9.72 Å². The van der Waals surface area contributed by atoms with Gasteiger partial charge in [-0.3, -0.25) is 0 Å². The first-order valence-electron chi connectivity index (χ1n) is 9.69. The van der Waals surface area contributed by atoms with Crippen LogP contribution in [0.2, 0.25) is 0 Å². The Morgan fingerprint density at radius 1 is 1.34 bits per heavy atom. The molecular formula is C21H25N5O2S. The highest BCUT2D eigenvalue weighted by atomic mass is 32.2. The smallest absolute Gasteiger partial charge is 0.321 e. The van der Waals surface area contributed by atoms with Crippen LogP contribution in [0.5, 0.6) is 0 Å². The van der Waals surface area contributed by atoms with E-state index in [2.05, 4.69) is 14.9 Å². The predicted molar refractivity (Wildman–Crippen MR) is 116 cm³/mol. The highest BCUT2D eigenvalue weighted by molar-refractivity contribution is 7.98. The van der Waals surface area contributed by atoms with Gasteiger partial charge in [0.2, 0.25) is 0 Å². The largest absolute Gasteiger partial charge is 0.383 e. The fourth-order valence-corrected chi connectivity index (χ4v) is 4.21. The Bertz CT molecular complexity index is 1010. The number of anilines is 1. The Morgan fingerprint density at radius 2 is 2.24 bits per heavy atom. The first kappa shape index (κ1) is 19.7. The molecule has 2 amide bonds. The molecule has 8 heteroatoms. The van der Waals surface area contributed by atoms with Crippen LogP contribution in [0.15, 0.2) is 47.5 Å². The molecule has 4 rings (SSSR count). The van der Waals surface area contributed by atoms with E-state index >= 15 is 0 Å². The summed E-state index contributed by atoms with van der Waals surface area (Å²) in [5.74, 6) is 1.17. The molecule has 3 aromatic rings. The Morgan fingerprint density at radius 3 is 3.07 bits per heavy atom. The molecule has 1 fully saturated rings. The second-order valence-corrected chi connectivity index (χ2v) is 7.93. The van der Waals surface area contributed by atoms with E-state index < -0.39 is 0 Å². The highest BCUT2D eigenvalue weighted by Gasteiger charge is 2.31. The van der Waals surface area contributed by atoms with Gasteiger partial charge >= 0.3 is 6.03 Å². The van der Waals surface area contributed by atoms with Gasteiger partial charge in [-0.25, -0.2) is 14.8 Å². The Hall–Kier alpha value is -2.58. The number of ether oxygens (including phenoxy) is 1. The minimum Gasteiger partial charge on any atom is -0.383 e. The third-order valence-electron chi connectivity index (χ3n) is 5.21. The van der Waals surface area contributed by atoms with Crippen molar-refractivity contribution in [3.63, 3.8) is 0 Å². The van der Waals surface area contributed by atoms with Crippen LogP contribution in [0.4, 0.5) is 10.5 Å². The van der Waals surface area contributed by atoms with Gasteiger partial charge in [-0.1, -0.05) is 6.07 Å². The molecule has 1 aromatic carbocycles. The van der Waals surface area contributed by atoms with Crippen molar-refractivity contribution in [3.05, 3.63) is 48.4 Å². The summed E-state index contributed by atoms with van der Waals surface area (Å²) in [6, 6.07) is 11.7. The van der Waals surface area contributed by atoms with Crippen LogP contribution in [-0.2, 0) is 11.3 Å². The summed E-state index contributed by atoms with van der Waals surface area (Å²) < 4.78 is 7.41. The number of methoxy groups -OCH3 is 1. The van der Waals surface area contributed by atoms with Crippen molar-refractivity contribution >= 4 is 34.6 Å². The van der Waals surface area contributed by atoms with Crippen LogP contribution in [0.25, 0.3) is 11.2 Å². The number of thioether (sulfide) groups is 1. The molecule has 29 heavy (non-hydrogen) atoms. The van der Waals surface area contributed by atoms with Crippen LogP contribution in [0.1, 0.15) is 18.2 Å². The van der Waals surface area contributed by atoms with E-state index in [1.807, 2.05) is 47.6 Å². The van der Waals surface area contributed by atoms with Crippen LogP contribution in [0, 0.1) is 0 Å². The van der Waals surface area contributed by atoms with Crippen LogP contribution in [-0.4, -0.2) is 58.5 Å². The number of likely N-dealkylation sites (tertiary alicyclic amines) is 1. The van der Waals surface area contributed by atoms with Crippen molar-refractivity contribution in [2.75, 3.05) is 38.4 Å². The van der Waals surface area contributed by atoms with Crippen molar-refractivity contribution in [2.45, 2.75) is 23.8 Å². The molecular weight excluding hydrogens is 386 g/mol. The average Bonchev–Trinajstić information content (AvgIpc) is 3.37. The number of fused-ring (bicyclic) bond motifs is 1. The molecule has 1 saturated heterocycles. The zero-order chi connectivity index (χ0) is 20.2. The van der Waals surface area contributed by atoms with Gasteiger partial charge in [0.05, 0.1) is 6.61 Å². The van der Waals surface area contributed by atoms with Crippen LogP contribution < -0.4 is 5.32 Å². The third-order valence-corrected chi connectivity index (χ3v) is 5.94. The lowest BCUT2D eigenvalue weighted by atomic mass is 10.1. The summed E-state index contributed by atoms with van der Waals surface area (Å²) >= 11 is 1.66. The zero-order valence-corrected chi connectivity index (χ0v) is 17.5. The van der Waals surface area contributed by atoms with Crippen molar-refractivity contribution < 1.29 is 9.53 Å². The topological polar surface area (TPSA) is 72.3 Å². The monoisotopic (exact) mass is 411 g/mol. The fourth-order valence-electron chi connectivity index (χ4n) is 3.75. The number of nitrogens with zero attached hydrogens (tertiary/aromatic N) is 4. The number of pyridine rings is 1. The summed E-state index contributed by atoms with van der Waals surface area (Å²) in [6.45, 7) is 2.64. The maximum Gasteiger partial charge on any atom is 0.321 e. The normalized spacial score (nSPS) is 16.5. The molecule has 1 atom stereocenters. The maximum absolute atomic E-state index is 12.8. The molecule has 1 aliphatic heterocycles. The van der Waals surface area contributed by atoms with Crippen LogP contribution in [0.3, 0.4) is 0 Å². The van der Waals surface area contributed by atoms with E-state index in [1.54, 1.807) is 25.1 Å². The summed E-state index contributed by atoms with van der Waals surface area (Å²) in [5.41, 5.74) is 2.58. The molecule has 152 valence electrons. The SMILES string of the molecule is COCCn1c(C2CCN(C(=O)Nc3cccc(SC)c3)C2)nc2cccnc21. The lowest BCUT2D eigenvalue weighted by Gasteiger charge is -2.18. The summed E-state index contributed by atoms with van der Waals surface area (Å²) in [5, 5.41) is 3.02. The van der Waals surface area contributed by atoms with Gasteiger partial charge < -0.3 is 19.5 Å². The molecule has 1 N–H and O–H groups in total. The van der Waals surface area contributed by atoms with Crippen molar-refractivity contribution in [3.8, 4) is 0 Å². The van der Waals surface area contributed by atoms with Gasteiger partial charge in [0.25, 0.3) is 0 Å². The maximum atomic E-state index is 12.8. The predicted octanol–water partition coefficient (Wildman–Crippen LogP) is 3.82. The summed E-state index contributed by atoms with van der Waals surface area (Å²) in [6.07, 6.45) is 4.69. The molecule has 0 radical (unpaired) electrons. The number of urea groups is 1. The lowest BCUT2D eigenvalue weighted by Crippen LogP contribution is -2.33. The van der Waals surface area contributed by atoms with E-state index in [0.717, 1.165) is 34.0 Å². The van der Waals surface area contributed by atoms with Crippen LogP contribution >= 0.6 is 11.8 Å². The number of hydrogen-bond donors (Lipinski definition) is 1. The van der Waals surface area contributed by atoms with E-state index in [1.165, 1.54) is 0 Å². The van der Waals surface area contributed by atoms with Gasteiger partial charge in [0.1, 0.15) is 11.3 Å². The molecule has 3 heterocycles. The minimum atomic E-state index is -0.0663. The second kappa shape index (κ2) is 8.84. The van der Waals surface area contributed by atoms with Gasteiger partial charge in [-0.05, 0) is 43.0 Å². The number of benzene rings is 1. The van der Waals surface area contributed by atoms with Gasteiger partial charge in [0, 0.05) is 49.4 Å². The number of amides is 2. The minimum absolute atomic E-state index is 0.0663. The number of rotatable bonds is 6. The molecule has 0 spiro atoms. The Balaban J connectivity index is 1.50. The van der Waals surface area contributed by atoms with E-state index in [-0.39, 0.29) is 11.9 Å².